The van der Waals surface area contributed by atoms with Crippen LogP contribution in [0.25, 0.3) is 11.1 Å². The molecular formula is C11H14N2O. The summed E-state index contributed by atoms with van der Waals surface area (Å²) in [7, 11) is 0. The van der Waals surface area contributed by atoms with E-state index < -0.39 is 0 Å². The molecule has 0 aliphatic carbocycles. The number of benzene rings is 1. The number of aryl methyl sites for hydroxylation is 1. The van der Waals surface area contributed by atoms with Crippen molar-refractivity contribution in [2.24, 2.45) is 5.73 Å². The largest absolute Gasteiger partial charge is 0.441 e. The number of fused-ring (bicyclic) bond motifs is 1. The highest BCUT2D eigenvalue weighted by molar-refractivity contribution is 5.77. The molecule has 0 atom stereocenters. The number of oxazole rings is 1. The van der Waals surface area contributed by atoms with Crippen molar-refractivity contribution in [1.29, 1.82) is 0 Å². The van der Waals surface area contributed by atoms with Crippen LogP contribution in [-0.2, 0) is 5.54 Å². The lowest BCUT2D eigenvalue weighted by atomic mass is 9.94. The maximum atomic E-state index is 6.05. The van der Waals surface area contributed by atoms with E-state index in [2.05, 4.69) is 4.98 Å². The summed E-state index contributed by atoms with van der Waals surface area (Å²) in [6, 6.07) is 5.84. The van der Waals surface area contributed by atoms with Gasteiger partial charge in [0.05, 0.1) is 0 Å². The molecular weight excluding hydrogens is 176 g/mol. The minimum Gasteiger partial charge on any atom is -0.441 e. The van der Waals surface area contributed by atoms with E-state index in [0.717, 1.165) is 16.7 Å². The Morgan fingerprint density at radius 2 is 2.07 bits per heavy atom. The second kappa shape index (κ2) is 2.82. The summed E-state index contributed by atoms with van der Waals surface area (Å²) in [4.78, 5) is 4.33. The van der Waals surface area contributed by atoms with Crippen molar-refractivity contribution in [2.45, 2.75) is 26.3 Å². The summed E-state index contributed by atoms with van der Waals surface area (Å²) >= 11 is 0. The Morgan fingerprint density at radius 1 is 1.36 bits per heavy atom. The van der Waals surface area contributed by atoms with Crippen LogP contribution < -0.4 is 5.73 Å². The third-order valence-corrected chi connectivity index (χ3v) is 2.22. The van der Waals surface area contributed by atoms with Gasteiger partial charge in [0.1, 0.15) is 5.52 Å². The molecule has 0 bridgehead atoms. The van der Waals surface area contributed by atoms with Crippen LogP contribution >= 0.6 is 0 Å². The predicted molar refractivity (Wildman–Crippen MR) is 56.0 cm³/mol. The molecule has 1 aromatic heterocycles. The van der Waals surface area contributed by atoms with Gasteiger partial charge in [-0.2, -0.15) is 0 Å². The van der Waals surface area contributed by atoms with Crippen LogP contribution in [0.4, 0.5) is 0 Å². The minimum atomic E-state index is -0.386. The molecule has 1 aromatic carbocycles. The van der Waals surface area contributed by atoms with Gasteiger partial charge in [-0.3, -0.25) is 0 Å². The number of nitrogens with zero attached hydrogens (tertiary/aromatic N) is 1. The Balaban J connectivity index is 2.77. The smallest absolute Gasteiger partial charge is 0.192 e. The lowest BCUT2D eigenvalue weighted by Crippen LogP contribution is -2.28. The highest BCUT2D eigenvalue weighted by atomic mass is 16.3. The van der Waals surface area contributed by atoms with Gasteiger partial charge in [0.25, 0.3) is 0 Å². The fourth-order valence-corrected chi connectivity index (χ4v) is 1.58. The summed E-state index contributed by atoms with van der Waals surface area (Å²) in [5.74, 6) is 0.678. The predicted octanol–water partition coefficient (Wildman–Crippen LogP) is 2.33. The molecule has 0 unspecified atom stereocenters. The van der Waals surface area contributed by atoms with E-state index in [0.29, 0.717) is 5.89 Å². The lowest BCUT2D eigenvalue weighted by Gasteiger charge is -2.18. The third kappa shape index (κ3) is 1.40. The van der Waals surface area contributed by atoms with E-state index in [1.807, 2.05) is 39.0 Å². The summed E-state index contributed by atoms with van der Waals surface area (Å²) in [6.07, 6.45) is 0. The van der Waals surface area contributed by atoms with Gasteiger partial charge in [0.15, 0.2) is 11.5 Å². The molecule has 1 heterocycles. The van der Waals surface area contributed by atoms with Gasteiger partial charge in [-0.15, -0.1) is 0 Å². The standard InChI is InChI=1S/C11H14N2O/c1-7-13-10-8(11(2,3)12)5-4-6-9(10)14-7/h4-6H,12H2,1-3H3. The molecule has 0 fully saturated rings. The monoisotopic (exact) mass is 190 g/mol. The van der Waals surface area contributed by atoms with Crippen LogP contribution in [0.2, 0.25) is 0 Å². The third-order valence-electron chi connectivity index (χ3n) is 2.22. The van der Waals surface area contributed by atoms with E-state index in [1.165, 1.54) is 0 Å². The maximum absolute atomic E-state index is 6.05. The molecule has 0 aliphatic rings. The first-order valence-corrected chi connectivity index (χ1v) is 4.64. The van der Waals surface area contributed by atoms with Gasteiger partial charge < -0.3 is 10.2 Å². The van der Waals surface area contributed by atoms with Crippen molar-refractivity contribution in [2.75, 3.05) is 0 Å². The molecule has 3 nitrogen and oxygen atoms in total. The molecule has 0 spiro atoms. The molecule has 0 saturated heterocycles. The zero-order chi connectivity index (χ0) is 10.3. The topological polar surface area (TPSA) is 52.0 Å². The van der Waals surface area contributed by atoms with Crippen LogP contribution in [0.15, 0.2) is 22.6 Å². The van der Waals surface area contributed by atoms with Crippen LogP contribution in [-0.4, -0.2) is 4.98 Å². The molecule has 0 amide bonds. The van der Waals surface area contributed by atoms with E-state index in [1.54, 1.807) is 0 Å². The van der Waals surface area contributed by atoms with Crippen molar-refractivity contribution in [3.05, 3.63) is 29.7 Å². The minimum absolute atomic E-state index is 0.386. The van der Waals surface area contributed by atoms with Crippen molar-refractivity contribution in [3.8, 4) is 0 Å². The van der Waals surface area contributed by atoms with Gasteiger partial charge in [-0.1, -0.05) is 12.1 Å². The van der Waals surface area contributed by atoms with E-state index in [4.69, 9.17) is 10.2 Å². The fourth-order valence-electron chi connectivity index (χ4n) is 1.58. The number of para-hydroxylation sites is 1. The van der Waals surface area contributed by atoms with Gasteiger partial charge in [-0.25, -0.2) is 4.98 Å². The Bertz CT molecular complexity index is 466. The van der Waals surface area contributed by atoms with Crippen molar-refractivity contribution in [1.82, 2.24) is 4.98 Å². The Morgan fingerprint density at radius 3 is 2.71 bits per heavy atom. The first-order valence-electron chi connectivity index (χ1n) is 4.64. The number of aromatic nitrogens is 1. The first-order chi connectivity index (χ1) is 6.48. The summed E-state index contributed by atoms with van der Waals surface area (Å²) in [5, 5.41) is 0. The van der Waals surface area contributed by atoms with Crippen LogP contribution in [0.5, 0.6) is 0 Å². The van der Waals surface area contributed by atoms with Gasteiger partial charge >= 0.3 is 0 Å². The zero-order valence-electron chi connectivity index (χ0n) is 8.66. The summed E-state index contributed by atoms with van der Waals surface area (Å²) in [6.45, 7) is 5.77. The molecule has 2 rings (SSSR count). The lowest BCUT2D eigenvalue weighted by molar-refractivity contribution is 0.556. The molecule has 3 heteroatoms. The Hall–Kier alpha value is -1.35. The summed E-state index contributed by atoms with van der Waals surface area (Å²) in [5.41, 5.74) is 8.36. The quantitative estimate of drug-likeness (QED) is 0.750. The Labute approximate surface area is 82.9 Å². The average molecular weight is 190 g/mol. The van der Waals surface area contributed by atoms with Crippen molar-refractivity contribution >= 4 is 11.1 Å². The van der Waals surface area contributed by atoms with Gasteiger partial charge in [0.2, 0.25) is 0 Å². The zero-order valence-corrected chi connectivity index (χ0v) is 8.66. The average Bonchev–Trinajstić information content (AvgIpc) is 2.41. The second-order valence-corrected chi connectivity index (χ2v) is 4.11. The highest BCUT2D eigenvalue weighted by Gasteiger charge is 2.19. The molecule has 2 N–H and O–H groups in total. The Kier molecular flexibility index (Phi) is 1.86. The van der Waals surface area contributed by atoms with Crippen LogP contribution in [0, 0.1) is 6.92 Å². The molecule has 74 valence electrons. The summed E-state index contributed by atoms with van der Waals surface area (Å²) < 4.78 is 5.44. The maximum Gasteiger partial charge on any atom is 0.192 e. The second-order valence-electron chi connectivity index (χ2n) is 4.11. The fraction of sp³-hybridized carbons (Fsp3) is 0.364. The first kappa shape index (κ1) is 9.21. The van der Waals surface area contributed by atoms with Crippen molar-refractivity contribution in [3.63, 3.8) is 0 Å². The molecule has 2 aromatic rings. The molecule has 0 aliphatic heterocycles. The number of hydrogen-bond donors (Lipinski definition) is 1. The molecule has 14 heavy (non-hydrogen) atoms. The normalized spacial score (nSPS) is 12.3. The number of rotatable bonds is 1. The van der Waals surface area contributed by atoms with Gasteiger partial charge in [-0.05, 0) is 19.9 Å². The molecule has 0 radical (unpaired) electrons. The van der Waals surface area contributed by atoms with E-state index >= 15 is 0 Å². The number of hydrogen-bond acceptors (Lipinski definition) is 3. The number of nitrogens with two attached hydrogens (primary N) is 1. The van der Waals surface area contributed by atoms with E-state index in [-0.39, 0.29) is 5.54 Å². The van der Waals surface area contributed by atoms with Gasteiger partial charge in [0, 0.05) is 18.0 Å². The van der Waals surface area contributed by atoms with E-state index in [9.17, 15) is 0 Å². The van der Waals surface area contributed by atoms with Crippen LogP contribution in [0.1, 0.15) is 25.3 Å². The van der Waals surface area contributed by atoms with Crippen molar-refractivity contribution < 1.29 is 4.42 Å². The van der Waals surface area contributed by atoms with Crippen LogP contribution in [0.3, 0.4) is 0 Å². The highest BCUT2D eigenvalue weighted by Crippen LogP contribution is 2.26. The molecule has 0 saturated carbocycles. The SMILES string of the molecule is Cc1nc2c(C(C)(C)N)cccc2o1.